The molecule has 1 aromatic carbocycles. The molecule has 1 fully saturated rings. The number of halogens is 1. The fourth-order valence-corrected chi connectivity index (χ4v) is 7.30. The van der Waals surface area contributed by atoms with Crippen molar-refractivity contribution in [1.29, 1.82) is 0 Å². The van der Waals surface area contributed by atoms with Crippen molar-refractivity contribution < 1.29 is 17.6 Å². The highest BCUT2D eigenvalue weighted by atomic mass is 32.2. The summed E-state index contributed by atoms with van der Waals surface area (Å²) in [7, 11) is -3.49. The van der Waals surface area contributed by atoms with Gasteiger partial charge in [0.15, 0.2) is 5.13 Å². The summed E-state index contributed by atoms with van der Waals surface area (Å²) in [4.78, 5) is 18.1. The van der Waals surface area contributed by atoms with Crippen LogP contribution < -0.4 is 5.32 Å². The number of piperidine rings is 1. The molecule has 2 aromatic heterocycles. The van der Waals surface area contributed by atoms with E-state index in [0.29, 0.717) is 35.1 Å². The monoisotopic (exact) mass is 479 g/mol. The second kappa shape index (κ2) is 9.56. The molecule has 10 heteroatoms. The quantitative estimate of drug-likeness (QED) is 0.548. The molecule has 0 bridgehead atoms. The van der Waals surface area contributed by atoms with E-state index in [1.807, 2.05) is 0 Å². The molecule has 0 saturated carbocycles. The Kier molecular flexibility index (Phi) is 6.80. The predicted octanol–water partition coefficient (Wildman–Crippen LogP) is 4.29. The lowest BCUT2D eigenvalue weighted by molar-refractivity contribution is -0.115. The average Bonchev–Trinajstić information content (AvgIpc) is 3.40. The van der Waals surface area contributed by atoms with Gasteiger partial charge in [0.1, 0.15) is 10.0 Å². The van der Waals surface area contributed by atoms with Crippen molar-refractivity contribution >= 4 is 43.7 Å². The number of rotatable bonds is 7. The predicted molar refractivity (Wildman–Crippen MR) is 121 cm³/mol. The van der Waals surface area contributed by atoms with Crippen LogP contribution in [0.5, 0.6) is 0 Å². The number of nitrogens with one attached hydrogen (secondary N) is 1. The maximum absolute atomic E-state index is 13.8. The summed E-state index contributed by atoms with van der Waals surface area (Å²) in [5.74, 6) is -0.537. The summed E-state index contributed by atoms with van der Waals surface area (Å²) in [5.41, 5.74) is 0.574. The molecule has 0 unspecified atom stereocenters. The Labute approximate surface area is 188 Å². The number of benzene rings is 1. The van der Waals surface area contributed by atoms with Crippen molar-refractivity contribution in [3.05, 3.63) is 63.7 Å². The van der Waals surface area contributed by atoms with Crippen molar-refractivity contribution in [3.8, 4) is 0 Å². The van der Waals surface area contributed by atoms with E-state index >= 15 is 0 Å². The molecule has 0 atom stereocenters. The zero-order valence-corrected chi connectivity index (χ0v) is 19.2. The Hall–Kier alpha value is -2.14. The molecule has 3 aromatic rings. The Morgan fingerprint density at radius 1 is 1.06 bits per heavy atom. The normalized spacial score (nSPS) is 15.1. The van der Waals surface area contributed by atoms with Gasteiger partial charge in [-0.1, -0.05) is 24.6 Å². The van der Waals surface area contributed by atoms with E-state index in [0.717, 1.165) is 35.5 Å². The van der Waals surface area contributed by atoms with Crippen LogP contribution in [0.4, 0.5) is 9.52 Å². The van der Waals surface area contributed by atoms with E-state index < -0.39 is 10.0 Å². The van der Waals surface area contributed by atoms with Gasteiger partial charge in [-0.3, -0.25) is 4.79 Å². The van der Waals surface area contributed by atoms with Crippen molar-refractivity contribution in [1.82, 2.24) is 9.29 Å². The summed E-state index contributed by atoms with van der Waals surface area (Å²) in [5, 5.41) is 3.18. The molecule has 3 heterocycles. The maximum Gasteiger partial charge on any atom is 0.252 e. The highest BCUT2D eigenvalue weighted by molar-refractivity contribution is 7.91. The van der Waals surface area contributed by atoms with Crippen LogP contribution >= 0.6 is 22.7 Å². The molecule has 6 nitrogen and oxygen atoms in total. The first kappa shape index (κ1) is 22.1. The zero-order chi connectivity index (χ0) is 21.8. The Balaban J connectivity index is 1.35. The third-order valence-corrected chi connectivity index (χ3v) is 9.37. The summed E-state index contributed by atoms with van der Waals surface area (Å²) < 4.78 is 41.1. The average molecular weight is 480 g/mol. The molecule has 1 aliphatic heterocycles. The van der Waals surface area contributed by atoms with Crippen LogP contribution in [0.2, 0.25) is 0 Å². The minimum Gasteiger partial charge on any atom is -0.302 e. The molecule has 4 rings (SSSR count). The van der Waals surface area contributed by atoms with Crippen LogP contribution in [0, 0.1) is 5.82 Å². The van der Waals surface area contributed by atoms with Crippen molar-refractivity contribution in [2.75, 3.05) is 18.4 Å². The van der Waals surface area contributed by atoms with Crippen LogP contribution in [0.1, 0.15) is 34.6 Å². The van der Waals surface area contributed by atoms with E-state index in [9.17, 15) is 17.6 Å². The van der Waals surface area contributed by atoms with Gasteiger partial charge in [-0.25, -0.2) is 17.8 Å². The van der Waals surface area contributed by atoms with E-state index in [4.69, 9.17) is 0 Å². The molecule has 1 saturated heterocycles. The molecule has 31 heavy (non-hydrogen) atoms. The molecule has 0 aliphatic carbocycles. The van der Waals surface area contributed by atoms with Gasteiger partial charge in [-0.05, 0) is 36.6 Å². The fourth-order valence-electron chi connectivity index (χ4n) is 3.42. The second-order valence-electron chi connectivity index (χ2n) is 7.31. The van der Waals surface area contributed by atoms with Gasteiger partial charge in [0.05, 0.1) is 6.42 Å². The van der Waals surface area contributed by atoms with Crippen LogP contribution in [-0.4, -0.2) is 36.7 Å². The number of hydrogen-bond acceptors (Lipinski definition) is 6. The van der Waals surface area contributed by atoms with Crippen LogP contribution in [0.3, 0.4) is 0 Å². The van der Waals surface area contributed by atoms with Crippen LogP contribution in [-0.2, 0) is 27.7 Å². The third kappa shape index (κ3) is 5.38. The van der Waals surface area contributed by atoms with Gasteiger partial charge in [0.25, 0.3) is 10.0 Å². The van der Waals surface area contributed by atoms with E-state index in [-0.39, 0.29) is 22.4 Å². The van der Waals surface area contributed by atoms with Gasteiger partial charge in [-0.2, -0.15) is 4.31 Å². The number of nitrogens with zero attached hydrogens (tertiary/aromatic N) is 2. The molecule has 0 radical (unpaired) electrons. The first-order valence-corrected chi connectivity index (χ1v) is 13.1. The van der Waals surface area contributed by atoms with E-state index in [2.05, 4.69) is 10.3 Å². The van der Waals surface area contributed by atoms with Crippen molar-refractivity contribution in [2.24, 2.45) is 0 Å². The van der Waals surface area contributed by atoms with Gasteiger partial charge < -0.3 is 5.32 Å². The number of hydrogen-bond donors (Lipinski definition) is 1. The van der Waals surface area contributed by atoms with Gasteiger partial charge in [-0.15, -0.1) is 22.7 Å². The Morgan fingerprint density at radius 2 is 1.84 bits per heavy atom. The molecular weight excluding hydrogens is 457 g/mol. The number of sulfonamides is 1. The number of thiazole rings is 1. The summed E-state index contributed by atoms with van der Waals surface area (Å²) >= 11 is 2.43. The maximum atomic E-state index is 13.8. The number of anilines is 1. The summed E-state index contributed by atoms with van der Waals surface area (Å²) in [6, 6.07) is 9.83. The summed E-state index contributed by atoms with van der Waals surface area (Å²) in [6.45, 7) is 1.10. The lowest BCUT2D eigenvalue weighted by Gasteiger charge is -2.25. The van der Waals surface area contributed by atoms with Gasteiger partial charge in [0, 0.05) is 35.5 Å². The minimum atomic E-state index is -3.49. The first-order chi connectivity index (χ1) is 14.9. The number of aromatic nitrogens is 1. The van der Waals surface area contributed by atoms with Crippen LogP contribution in [0.15, 0.2) is 46.8 Å². The Bertz CT molecular complexity index is 1170. The largest absolute Gasteiger partial charge is 0.302 e. The third-order valence-electron chi connectivity index (χ3n) is 5.00. The molecule has 1 aliphatic rings. The smallest absolute Gasteiger partial charge is 0.252 e. The molecule has 0 spiro atoms. The Morgan fingerprint density at radius 3 is 2.61 bits per heavy atom. The van der Waals surface area contributed by atoms with E-state index in [1.54, 1.807) is 36.5 Å². The SMILES string of the molecule is O=C(Cc1ccc(S(=O)(=O)N2CCCCC2)s1)Nc1ncc(Cc2ccccc2F)s1. The first-order valence-electron chi connectivity index (χ1n) is 9.98. The fraction of sp³-hybridized carbons (Fsp3) is 0.333. The summed E-state index contributed by atoms with van der Waals surface area (Å²) in [6.07, 6.45) is 4.92. The molecule has 1 N–H and O–H groups in total. The number of amides is 1. The van der Waals surface area contributed by atoms with Gasteiger partial charge >= 0.3 is 0 Å². The topological polar surface area (TPSA) is 79.4 Å². The standard InChI is InChI=1S/C21H22FN3O3S3/c22-18-7-3-2-6-15(18)12-17-14-23-21(30-17)24-19(26)13-16-8-9-20(29-16)31(27,28)25-10-4-1-5-11-25/h2-3,6-9,14H,1,4-5,10-13H2,(H,23,24,26). The van der Waals surface area contributed by atoms with E-state index in [1.165, 1.54) is 21.7 Å². The number of thiophene rings is 1. The molecule has 164 valence electrons. The number of carbonyl (C=O) groups is 1. The number of carbonyl (C=O) groups excluding carboxylic acids is 1. The van der Waals surface area contributed by atoms with Gasteiger partial charge in [0.2, 0.25) is 5.91 Å². The minimum absolute atomic E-state index is 0.0718. The zero-order valence-electron chi connectivity index (χ0n) is 16.7. The molecular formula is C21H22FN3O3S3. The highest BCUT2D eigenvalue weighted by Crippen LogP contribution is 2.28. The highest BCUT2D eigenvalue weighted by Gasteiger charge is 2.27. The van der Waals surface area contributed by atoms with Crippen molar-refractivity contribution in [3.63, 3.8) is 0 Å². The van der Waals surface area contributed by atoms with Crippen LogP contribution in [0.25, 0.3) is 0 Å². The lowest BCUT2D eigenvalue weighted by Crippen LogP contribution is -2.35. The van der Waals surface area contributed by atoms with Crippen molar-refractivity contribution in [2.45, 2.75) is 36.3 Å². The lowest BCUT2D eigenvalue weighted by atomic mass is 10.1. The molecule has 1 amide bonds. The second-order valence-corrected chi connectivity index (χ2v) is 11.8.